The van der Waals surface area contributed by atoms with Crippen molar-refractivity contribution in [2.24, 2.45) is 5.10 Å². The van der Waals surface area contributed by atoms with Crippen molar-refractivity contribution in [3.8, 4) is 22.9 Å². The van der Waals surface area contributed by atoms with Gasteiger partial charge >= 0.3 is 0 Å². The minimum absolute atomic E-state index is 0.427. The molecule has 0 saturated heterocycles. The average Bonchev–Trinajstić information content (AvgIpc) is 3.03. The van der Waals surface area contributed by atoms with E-state index >= 15 is 0 Å². The third-order valence-corrected chi connectivity index (χ3v) is 3.84. The molecule has 7 heteroatoms. The summed E-state index contributed by atoms with van der Waals surface area (Å²) in [5, 5.41) is 11.5. The van der Waals surface area contributed by atoms with E-state index in [1.807, 2.05) is 62.4 Å². The number of ether oxygens (including phenoxy) is 2. The number of hydrogen-bond acceptors (Lipinski definition) is 5. The molecule has 0 atom stereocenters. The van der Waals surface area contributed by atoms with Gasteiger partial charge in [-0.05, 0) is 49.8 Å². The first-order valence-corrected chi connectivity index (χ1v) is 8.80. The van der Waals surface area contributed by atoms with Crippen LogP contribution in [0.15, 0.2) is 53.6 Å². The summed E-state index contributed by atoms with van der Waals surface area (Å²) >= 11 is 5.30. The number of aromatic nitrogens is 3. The van der Waals surface area contributed by atoms with Crippen molar-refractivity contribution < 1.29 is 9.47 Å². The molecule has 0 fully saturated rings. The first-order valence-electron chi connectivity index (χ1n) is 8.39. The Morgan fingerprint density at radius 3 is 2.54 bits per heavy atom. The zero-order chi connectivity index (χ0) is 18.4. The Bertz CT molecular complexity index is 948. The van der Waals surface area contributed by atoms with E-state index in [1.165, 1.54) is 0 Å². The maximum absolute atomic E-state index is 5.65. The highest BCUT2D eigenvalue weighted by Gasteiger charge is 2.08. The summed E-state index contributed by atoms with van der Waals surface area (Å²) in [7, 11) is 0. The largest absolute Gasteiger partial charge is 0.490 e. The molecule has 0 aliphatic heterocycles. The molecule has 1 aromatic heterocycles. The van der Waals surface area contributed by atoms with Crippen LogP contribution in [0.3, 0.4) is 0 Å². The molecule has 2 aromatic carbocycles. The van der Waals surface area contributed by atoms with Crippen molar-refractivity contribution in [2.45, 2.75) is 13.8 Å². The molecule has 0 amide bonds. The fraction of sp³-hybridized carbons (Fsp3) is 0.211. The molecule has 0 radical (unpaired) electrons. The Labute approximate surface area is 157 Å². The van der Waals surface area contributed by atoms with Crippen molar-refractivity contribution in [3.05, 3.63) is 58.9 Å². The second-order valence-corrected chi connectivity index (χ2v) is 5.73. The lowest BCUT2D eigenvalue weighted by atomic mass is 10.2. The normalized spacial score (nSPS) is 11.0. The van der Waals surface area contributed by atoms with Gasteiger partial charge in [-0.2, -0.15) is 14.9 Å². The molecule has 0 bridgehead atoms. The van der Waals surface area contributed by atoms with E-state index < -0.39 is 0 Å². The lowest BCUT2D eigenvalue weighted by Crippen LogP contribution is -2.00. The molecule has 1 N–H and O–H groups in total. The molecule has 6 nitrogen and oxygen atoms in total. The van der Waals surface area contributed by atoms with Crippen LogP contribution in [0.1, 0.15) is 19.4 Å². The molecular formula is C19H20N4O2S. The van der Waals surface area contributed by atoms with Crippen LogP contribution in [-0.2, 0) is 0 Å². The second-order valence-electron chi connectivity index (χ2n) is 5.35. The van der Waals surface area contributed by atoms with Gasteiger partial charge in [-0.15, -0.1) is 0 Å². The topological polar surface area (TPSA) is 64.4 Å². The van der Waals surface area contributed by atoms with E-state index in [0.29, 0.717) is 29.6 Å². The molecule has 3 rings (SSSR count). The summed E-state index contributed by atoms with van der Waals surface area (Å²) in [6.07, 6.45) is 1.72. The molecule has 0 spiro atoms. The molecular weight excluding hydrogens is 348 g/mol. The van der Waals surface area contributed by atoms with E-state index in [1.54, 1.807) is 10.9 Å². The molecule has 134 valence electrons. The van der Waals surface area contributed by atoms with Gasteiger partial charge in [0.1, 0.15) is 0 Å². The number of benzene rings is 2. The number of hydrogen-bond donors (Lipinski definition) is 1. The summed E-state index contributed by atoms with van der Waals surface area (Å²) in [5.74, 6) is 2.07. The van der Waals surface area contributed by atoms with Crippen molar-refractivity contribution in [1.29, 1.82) is 0 Å². The first-order chi connectivity index (χ1) is 12.7. The summed E-state index contributed by atoms with van der Waals surface area (Å²) in [6, 6.07) is 15.5. The fourth-order valence-corrected chi connectivity index (χ4v) is 2.62. The van der Waals surface area contributed by atoms with E-state index in [9.17, 15) is 0 Å². The van der Waals surface area contributed by atoms with Crippen molar-refractivity contribution in [2.75, 3.05) is 13.2 Å². The van der Waals surface area contributed by atoms with Crippen LogP contribution in [0.2, 0.25) is 0 Å². The van der Waals surface area contributed by atoms with Crippen LogP contribution in [0.25, 0.3) is 11.4 Å². The molecule has 3 aromatic rings. The maximum Gasteiger partial charge on any atom is 0.216 e. The molecule has 0 aliphatic rings. The van der Waals surface area contributed by atoms with Gasteiger partial charge in [-0.1, -0.05) is 30.3 Å². The van der Waals surface area contributed by atoms with Crippen molar-refractivity contribution in [3.63, 3.8) is 0 Å². The van der Waals surface area contributed by atoms with Gasteiger partial charge in [-0.3, -0.25) is 0 Å². The van der Waals surface area contributed by atoms with Gasteiger partial charge in [-0.25, -0.2) is 5.10 Å². The standard InChI is InChI=1S/C19H20N4O2S/c1-3-24-16-11-10-14(12-17(16)25-4-2)13-20-23-18(21-22-19(23)26)15-8-6-5-7-9-15/h5-13H,3-4H2,1-2H3,(H,22,26)/b20-13-. The number of aromatic amines is 1. The maximum atomic E-state index is 5.65. The number of rotatable bonds is 7. The zero-order valence-corrected chi connectivity index (χ0v) is 15.5. The monoisotopic (exact) mass is 368 g/mol. The van der Waals surface area contributed by atoms with E-state index in [2.05, 4.69) is 15.3 Å². The summed E-state index contributed by atoms with van der Waals surface area (Å²) in [4.78, 5) is 0. The SMILES string of the molecule is CCOc1ccc(/C=N\n2c(-c3ccccc3)n[nH]c2=S)cc1OCC. The lowest BCUT2D eigenvalue weighted by Gasteiger charge is -2.11. The van der Waals surface area contributed by atoms with Gasteiger partial charge in [0.05, 0.1) is 19.4 Å². The third-order valence-electron chi connectivity index (χ3n) is 3.57. The minimum Gasteiger partial charge on any atom is -0.490 e. The number of nitrogens with zero attached hydrogens (tertiary/aromatic N) is 3. The van der Waals surface area contributed by atoms with E-state index in [-0.39, 0.29) is 0 Å². The number of H-pyrrole nitrogens is 1. The minimum atomic E-state index is 0.427. The van der Waals surface area contributed by atoms with Crippen molar-refractivity contribution >= 4 is 18.4 Å². The third kappa shape index (κ3) is 4.00. The highest BCUT2D eigenvalue weighted by atomic mass is 32.1. The molecule has 0 saturated carbocycles. The molecule has 0 unspecified atom stereocenters. The predicted molar refractivity (Wildman–Crippen MR) is 105 cm³/mol. The van der Waals surface area contributed by atoms with E-state index in [0.717, 1.165) is 16.9 Å². The Morgan fingerprint density at radius 1 is 1.08 bits per heavy atom. The van der Waals surface area contributed by atoms with Gasteiger partial charge in [0, 0.05) is 5.56 Å². The molecule has 0 aliphatic carbocycles. The lowest BCUT2D eigenvalue weighted by molar-refractivity contribution is 0.288. The van der Waals surface area contributed by atoms with Crippen LogP contribution in [0.5, 0.6) is 11.5 Å². The highest BCUT2D eigenvalue weighted by molar-refractivity contribution is 7.71. The Hall–Kier alpha value is -2.93. The van der Waals surface area contributed by atoms with Gasteiger partial charge in [0.25, 0.3) is 0 Å². The predicted octanol–water partition coefficient (Wildman–Crippen LogP) is 4.29. The van der Waals surface area contributed by atoms with Crippen LogP contribution in [0, 0.1) is 4.77 Å². The molecule has 1 heterocycles. The smallest absolute Gasteiger partial charge is 0.216 e. The average molecular weight is 368 g/mol. The second kappa shape index (κ2) is 8.44. The van der Waals surface area contributed by atoms with Gasteiger partial charge in [0.2, 0.25) is 4.77 Å². The Balaban J connectivity index is 1.92. The van der Waals surface area contributed by atoms with Crippen molar-refractivity contribution in [1.82, 2.24) is 14.9 Å². The summed E-state index contributed by atoms with van der Waals surface area (Å²) in [6.45, 7) is 5.02. The fourth-order valence-electron chi connectivity index (χ4n) is 2.45. The molecule has 26 heavy (non-hydrogen) atoms. The summed E-state index contributed by atoms with van der Waals surface area (Å²) < 4.78 is 13.3. The van der Waals surface area contributed by atoms with Crippen LogP contribution < -0.4 is 9.47 Å². The van der Waals surface area contributed by atoms with Crippen LogP contribution in [-0.4, -0.2) is 34.3 Å². The first kappa shape index (κ1) is 17.9. The van der Waals surface area contributed by atoms with Gasteiger partial charge < -0.3 is 9.47 Å². The van der Waals surface area contributed by atoms with Crippen LogP contribution in [0.4, 0.5) is 0 Å². The Morgan fingerprint density at radius 2 is 1.81 bits per heavy atom. The highest BCUT2D eigenvalue weighted by Crippen LogP contribution is 2.28. The quantitative estimate of drug-likeness (QED) is 0.499. The van der Waals surface area contributed by atoms with E-state index in [4.69, 9.17) is 21.7 Å². The zero-order valence-electron chi connectivity index (χ0n) is 14.7. The summed E-state index contributed by atoms with van der Waals surface area (Å²) in [5.41, 5.74) is 1.80. The van der Waals surface area contributed by atoms with Crippen LogP contribution >= 0.6 is 12.2 Å². The van der Waals surface area contributed by atoms with Gasteiger partial charge in [0.15, 0.2) is 17.3 Å². The Kier molecular flexibility index (Phi) is 5.80. The number of nitrogens with one attached hydrogen (secondary N) is 1.